The van der Waals surface area contributed by atoms with E-state index >= 15 is 0 Å². The highest BCUT2D eigenvalue weighted by Crippen LogP contribution is 2.54. The minimum Gasteiger partial charge on any atom is -0.491 e. The van der Waals surface area contributed by atoms with Crippen LogP contribution in [0.1, 0.15) is 16.7 Å². The molecule has 0 saturated carbocycles. The summed E-state index contributed by atoms with van der Waals surface area (Å²) in [6, 6.07) is 15.3. The number of hydrogen-bond donors (Lipinski definition) is 1. The van der Waals surface area contributed by atoms with Gasteiger partial charge in [0.2, 0.25) is 18.6 Å². The second-order valence-electron chi connectivity index (χ2n) is 8.34. The molecule has 3 aromatic rings. The maximum atomic E-state index is 14.1. The van der Waals surface area contributed by atoms with Gasteiger partial charge in [-0.1, -0.05) is 24.3 Å². The molecule has 2 amide bonds. The molecule has 0 aliphatic carbocycles. The van der Waals surface area contributed by atoms with Crippen LogP contribution in [0.15, 0.2) is 54.6 Å². The van der Waals surface area contributed by atoms with Gasteiger partial charge in [0, 0.05) is 17.3 Å². The molecule has 1 atom stereocenters. The van der Waals surface area contributed by atoms with Crippen molar-refractivity contribution in [2.24, 2.45) is 0 Å². The van der Waals surface area contributed by atoms with E-state index in [1.54, 1.807) is 30.3 Å². The Kier molecular flexibility index (Phi) is 4.14. The fourth-order valence-corrected chi connectivity index (χ4v) is 4.79. The number of benzene rings is 3. The number of carbonyl (C=O) groups is 2. The van der Waals surface area contributed by atoms with Gasteiger partial charge >= 0.3 is 0 Å². The van der Waals surface area contributed by atoms with Gasteiger partial charge in [0.15, 0.2) is 11.5 Å². The Morgan fingerprint density at radius 3 is 2.67 bits per heavy atom. The number of halogens is 1. The van der Waals surface area contributed by atoms with Crippen molar-refractivity contribution in [1.29, 1.82) is 0 Å². The number of ether oxygens (including phenoxy) is 3. The molecule has 0 aromatic heterocycles. The van der Waals surface area contributed by atoms with Gasteiger partial charge in [-0.3, -0.25) is 9.59 Å². The lowest BCUT2D eigenvalue weighted by Gasteiger charge is -2.23. The van der Waals surface area contributed by atoms with Crippen molar-refractivity contribution in [2.75, 3.05) is 30.2 Å². The lowest BCUT2D eigenvalue weighted by molar-refractivity contribution is -0.124. The monoisotopic (exact) mass is 446 g/mol. The van der Waals surface area contributed by atoms with E-state index in [-0.39, 0.29) is 31.5 Å². The zero-order valence-electron chi connectivity index (χ0n) is 17.7. The van der Waals surface area contributed by atoms with Crippen LogP contribution >= 0.6 is 0 Å². The first-order chi connectivity index (χ1) is 16.0. The molecule has 0 fully saturated rings. The number of nitrogens with zero attached hydrogens (tertiary/aromatic N) is 1. The molecule has 0 bridgehead atoms. The van der Waals surface area contributed by atoms with E-state index in [4.69, 9.17) is 14.2 Å². The average Bonchev–Trinajstić information content (AvgIpc) is 3.48. The number of aryl methyl sites for hydroxylation is 1. The second kappa shape index (κ2) is 6.96. The van der Waals surface area contributed by atoms with E-state index in [9.17, 15) is 14.0 Å². The molecule has 6 rings (SSSR count). The molecule has 3 aliphatic rings. The smallest absolute Gasteiger partial charge is 0.246 e. The molecule has 1 unspecified atom stereocenters. The summed E-state index contributed by atoms with van der Waals surface area (Å²) in [6.07, 6.45) is 0. The number of carbonyl (C=O) groups excluding carboxylic acids is 2. The summed E-state index contributed by atoms with van der Waals surface area (Å²) < 4.78 is 31.0. The Balaban J connectivity index is 1.37. The Morgan fingerprint density at radius 1 is 1.03 bits per heavy atom. The fraction of sp³-hybridized carbons (Fsp3) is 0.200. The zero-order valence-corrected chi connectivity index (χ0v) is 17.7. The first-order valence-electron chi connectivity index (χ1n) is 10.5. The topological polar surface area (TPSA) is 77.1 Å². The van der Waals surface area contributed by atoms with Crippen molar-refractivity contribution in [2.45, 2.75) is 12.3 Å². The van der Waals surface area contributed by atoms with Gasteiger partial charge in [0.1, 0.15) is 30.1 Å². The van der Waals surface area contributed by atoms with Crippen molar-refractivity contribution in [3.8, 4) is 17.2 Å². The molecule has 7 nitrogen and oxygen atoms in total. The molecule has 3 aromatic carbocycles. The third-order valence-electron chi connectivity index (χ3n) is 6.34. The Hall–Kier alpha value is -4.07. The molecule has 0 radical (unpaired) electrons. The predicted octanol–water partition coefficient (Wildman–Crippen LogP) is 3.53. The number of para-hydroxylation sites is 1. The van der Waals surface area contributed by atoms with Crippen LogP contribution in [0.5, 0.6) is 17.2 Å². The van der Waals surface area contributed by atoms with E-state index < -0.39 is 17.1 Å². The highest BCUT2D eigenvalue weighted by atomic mass is 19.1. The number of fused-ring (bicyclic) bond motifs is 5. The molecule has 1 N–H and O–H groups in total. The van der Waals surface area contributed by atoms with Gasteiger partial charge in [0.25, 0.3) is 0 Å². The third kappa shape index (κ3) is 2.80. The summed E-state index contributed by atoms with van der Waals surface area (Å²) in [4.78, 5) is 28.2. The van der Waals surface area contributed by atoms with Gasteiger partial charge in [0.05, 0.1) is 5.69 Å². The quantitative estimate of drug-likeness (QED) is 0.666. The lowest BCUT2D eigenvalue weighted by Crippen LogP contribution is -2.45. The molecule has 8 heteroatoms. The SMILES string of the molecule is Cc1ccc(F)c(NC(=O)CN2C(=O)C3(COc4cc5c(cc43)OCO5)c3ccccc32)c1. The maximum Gasteiger partial charge on any atom is 0.246 e. The van der Waals surface area contributed by atoms with Gasteiger partial charge in [-0.2, -0.15) is 0 Å². The second-order valence-corrected chi connectivity index (χ2v) is 8.34. The van der Waals surface area contributed by atoms with Gasteiger partial charge in [-0.25, -0.2) is 4.39 Å². The summed E-state index contributed by atoms with van der Waals surface area (Å²) in [5.74, 6) is 0.366. The van der Waals surface area contributed by atoms with Crippen molar-refractivity contribution >= 4 is 23.2 Å². The maximum absolute atomic E-state index is 14.1. The normalized spacial score (nSPS) is 19.5. The van der Waals surface area contributed by atoms with Crippen LogP contribution in [0.4, 0.5) is 15.8 Å². The zero-order chi connectivity index (χ0) is 22.7. The van der Waals surface area contributed by atoms with E-state index in [1.165, 1.54) is 11.0 Å². The molecule has 3 heterocycles. The van der Waals surface area contributed by atoms with E-state index in [0.29, 0.717) is 28.5 Å². The lowest BCUT2D eigenvalue weighted by atomic mass is 9.77. The van der Waals surface area contributed by atoms with Crippen molar-refractivity contribution in [3.63, 3.8) is 0 Å². The molecule has 0 saturated heterocycles. The van der Waals surface area contributed by atoms with Crippen LogP contribution in [0.25, 0.3) is 0 Å². The van der Waals surface area contributed by atoms with E-state index in [2.05, 4.69) is 5.32 Å². The van der Waals surface area contributed by atoms with Crippen LogP contribution < -0.4 is 24.4 Å². The molecular weight excluding hydrogens is 427 g/mol. The highest BCUT2D eigenvalue weighted by molar-refractivity contribution is 6.14. The molecule has 3 aliphatic heterocycles. The van der Waals surface area contributed by atoms with Crippen molar-refractivity contribution in [3.05, 3.63) is 77.1 Å². The number of rotatable bonds is 3. The molecule has 1 spiro atoms. The van der Waals surface area contributed by atoms with Crippen LogP contribution in [0.3, 0.4) is 0 Å². The van der Waals surface area contributed by atoms with E-state index in [1.807, 2.05) is 25.1 Å². The van der Waals surface area contributed by atoms with Gasteiger partial charge < -0.3 is 24.4 Å². The van der Waals surface area contributed by atoms with Crippen LogP contribution in [-0.2, 0) is 15.0 Å². The summed E-state index contributed by atoms with van der Waals surface area (Å²) in [5, 5.41) is 2.59. The van der Waals surface area contributed by atoms with E-state index in [0.717, 1.165) is 11.1 Å². The van der Waals surface area contributed by atoms with Gasteiger partial charge in [-0.05, 0) is 42.3 Å². The molecule has 166 valence electrons. The average molecular weight is 446 g/mol. The first-order valence-corrected chi connectivity index (χ1v) is 10.5. The van der Waals surface area contributed by atoms with Crippen LogP contribution in [-0.4, -0.2) is 31.8 Å². The predicted molar refractivity (Wildman–Crippen MR) is 117 cm³/mol. The standard InChI is InChI=1S/C25H19FN2O5/c1-14-6-7-17(26)18(8-14)27-23(29)11-28-19-5-3-2-4-15(19)25(24(28)30)12-31-20-10-22-21(9-16(20)25)32-13-33-22/h2-10H,11-13H2,1H3,(H,27,29). The summed E-state index contributed by atoms with van der Waals surface area (Å²) >= 11 is 0. The van der Waals surface area contributed by atoms with Crippen LogP contribution in [0.2, 0.25) is 0 Å². The van der Waals surface area contributed by atoms with Crippen LogP contribution in [0, 0.1) is 12.7 Å². The summed E-state index contributed by atoms with van der Waals surface area (Å²) in [6.45, 7) is 1.76. The first kappa shape index (κ1) is 19.6. The van der Waals surface area contributed by atoms with Crippen molar-refractivity contribution < 1.29 is 28.2 Å². The molecule has 33 heavy (non-hydrogen) atoms. The fourth-order valence-electron chi connectivity index (χ4n) is 4.79. The summed E-state index contributed by atoms with van der Waals surface area (Å²) in [7, 11) is 0. The highest BCUT2D eigenvalue weighted by Gasteiger charge is 2.57. The third-order valence-corrected chi connectivity index (χ3v) is 6.34. The Bertz CT molecular complexity index is 1340. The number of anilines is 2. The Labute approximate surface area is 188 Å². The number of hydrogen-bond acceptors (Lipinski definition) is 5. The minimum absolute atomic E-state index is 0.0805. The minimum atomic E-state index is -1.10. The van der Waals surface area contributed by atoms with Crippen molar-refractivity contribution in [1.82, 2.24) is 0 Å². The molecular formula is C25H19FN2O5. The summed E-state index contributed by atoms with van der Waals surface area (Å²) in [5.41, 5.74) is 1.85. The van der Waals surface area contributed by atoms with Gasteiger partial charge in [-0.15, -0.1) is 0 Å². The number of nitrogens with one attached hydrogen (secondary N) is 1. The Morgan fingerprint density at radius 2 is 1.82 bits per heavy atom. The largest absolute Gasteiger partial charge is 0.491 e. The number of amides is 2.